The lowest BCUT2D eigenvalue weighted by atomic mass is 10.2. The van der Waals surface area contributed by atoms with Crippen molar-refractivity contribution in [2.45, 2.75) is 6.42 Å². The van der Waals surface area contributed by atoms with Gasteiger partial charge in [0.1, 0.15) is 0 Å². The number of hydrogen-bond acceptors (Lipinski definition) is 5. The Bertz CT molecular complexity index is 632. The number of rotatable bonds is 5. The van der Waals surface area contributed by atoms with Crippen LogP contribution >= 0.6 is 0 Å². The van der Waals surface area contributed by atoms with E-state index in [1.807, 2.05) is 0 Å². The monoisotopic (exact) mass is 296 g/mol. The second-order valence-corrected chi connectivity index (χ2v) is 5.68. The van der Waals surface area contributed by atoms with Crippen molar-refractivity contribution in [3.8, 4) is 11.8 Å². The Kier molecular flexibility index (Phi) is 6.11. The second kappa shape index (κ2) is 7.59. The summed E-state index contributed by atoms with van der Waals surface area (Å²) in [4.78, 5) is 15.7. The molecule has 20 heavy (non-hydrogen) atoms. The molecule has 0 bridgehead atoms. The number of nitrogens with two attached hydrogens (primary N) is 2. The van der Waals surface area contributed by atoms with Gasteiger partial charge in [-0.2, -0.15) is 0 Å². The van der Waals surface area contributed by atoms with Gasteiger partial charge in [-0.3, -0.25) is 9.78 Å². The topological polar surface area (TPSA) is 128 Å². The van der Waals surface area contributed by atoms with Gasteiger partial charge >= 0.3 is 0 Å². The molecule has 108 valence electrons. The molecule has 0 saturated carbocycles. The second-order valence-electron chi connectivity index (χ2n) is 3.94. The zero-order valence-electron chi connectivity index (χ0n) is 10.8. The maximum Gasteiger partial charge on any atom is 0.252 e. The van der Waals surface area contributed by atoms with E-state index >= 15 is 0 Å². The molecule has 0 unspecified atom stereocenters. The van der Waals surface area contributed by atoms with Crippen molar-refractivity contribution in [1.82, 2.24) is 10.3 Å². The van der Waals surface area contributed by atoms with Gasteiger partial charge in [0.2, 0.25) is 10.0 Å². The first-order chi connectivity index (χ1) is 9.42. The van der Waals surface area contributed by atoms with Crippen LogP contribution < -0.4 is 16.2 Å². The molecule has 7 nitrogen and oxygen atoms in total. The zero-order chi connectivity index (χ0) is 15.0. The molecule has 8 heteroatoms. The first-order valence-electron chi connectivity index (χ1n) is 5.85. The van der Waals surface area contributed by atoms with Gasteiger partial charge in [-0.15, -0.1) is 0 Å². The summed E-state index contributed by atoms with van der Waals surface area (Å²) in [6.07, 6.45) is 3.19. The maximum atomic E-state index is 11.8. The van der Waals surface area contributed by atoms with Crippen molar-refractivity contribution >= 4 is 15.9 Å². The quantitative estimate of drug-likeness (QED) is 0.464. The highest BCUT2D eigenvalue weighted by Gasteiger charge is 2.07. The number of pyridine rings is 1. The van der Waals surface area contributed by atoms with Crippen LogP contribution in [0.2, 0.25) is 0 Å². The van der Waals surface area contributed by atoms with E-state index in [1.54, 1.807) is 6.07 Å². The van der Waals surface area contributed by atoms with Crippen LogP contribution in [0.3, 0.4) is 0 Å². The summed E-state index contributed by atoms with van der Waals surface area (Å²) in [5.41, 5.74) is 6.20. The molecule has 0 saturated heterocycles. The average Bonchev–Trinajstić information content (AvgIpc) is 2.40. The minimum atomic E-state index is -3.50. The highest BCUT2D eigenvalue weighted by atomic mass is 32.2. The lowest BCUT2D eigenvalue weighted by molar-refractivity contribution is 0.0953. The number of carbonyl (C=O) groups is 1. The van der Waals surface area contributed by atoms with E-state index in [4.69, 9.17) is 10.9 Å². The van der Waals surface area contributed by atoms with Crippen molar-refractivity contribution in [2.24, 2.45) is 10.9 Å². The third kappa shape index (κ3) is 6.29. The molecule has 0 aliphatic rings. The zero-order valence-corrected chi connectivity index (χ0v) is 11.6. The van der Waals surface area contributed by atoms with Crippen LogP contribution in [0.15, 0.2) is 18.5 Å². The number of amides is 1. The summed E-state index contributed by atoms with van der Waals surface area (Å²) < 4.78 is 21.4. The number of aromatic nitrogens is 1. The summed E-state index contributed by atoms with van der Waals surface area (Å²) >= 11 is 0. The fourth-order valence-corrected chi connectivity index (χ4v) is 1.91. The largest absolute Gasteiger partial charge is 0.352 e. The van der Waals surface area contributed by atoms with Gasteiger partial charge in [-0.1, -0.05) is 11.8 Å². The SMILES string of the molecule is NCC#Cc1cncc(C(=O)NCCCS(N)(=O)=O)c1. The summed E-state index contributed by atoms with van der Waals surface area (Å²) in [5.74, 6) is 4.92. The molecule has 0 fully saturated rings. The third-order valence-corrected chi connectivity index (χ3v) is 3.08. The van der Waals surface area contributed by atoms with Crippen LogP contribution in [0.4, 0.5) is 0 Å². The van der Waals surface area contributed by atoms with Gasteiger partial charge in [0.05, 0.1) is 17.9 Å². The van der Waals surface area contributed by atoms with E-state index in [0.717, 1.165) is 0 Å². The average molecular weight is 296 g/mol. The first kappa shape index (κ1) is 16.1. The fourth-order valence-electron chi connectivity index (χ4n) is 1.36. The van der Waals surface area contributed by atoms with Gasteiger partial charge in [0.25, 0.3) is 5.91 Å². The minimum absolute atomic E-state index is 0.173. The Morgan fingerprint density at radius 1 is 1.40 bits per heavy atom. The molecule has 0 aliphatic heterocycles. The van der Waals surface area contributed by atoms with Crippen molar-refractivity contribution in [3.05, 3.63) is 29.6 Å². The Morgan fingerprint density at radius 2 is 2.15 bits per heavy atom. The smallest absolute Gasteiger partial charge is 0.252 e. The number of sulfonamides is 1. The molecule has 1 aromatic rings. The van der Waals surface area contributed by atoms with Gasteiger partial charge in [-0.25, -0.2) is 13.6 Å². The Labute approximate surface area is 117 Å². The van der Waals surface area contributed by atoms with E-state index in [2.05, 4.69) is 22.1 Å². The summed E-state index contributed by atoms with van der Waals surface area (Å²) in [6.45, 7) is 0.442. The Hall–Kier alpha value is -1.95. The van der Waals surface area contributed by atoms with Crippen LogP contribution in [0.1, 0.15) is 22.3 Å². The number of hydrogen-bond donors (Lipinski definition) is 3. The maximum absolute atomic E-state index is 11.8. The van der Waals surface area contributed by atoms with Gasteiger partial charge in [0.15, 0.2) is 0 Å². The summed E-state index contributed by atoms with van der Waals surface area (Å²) in [5, 5.41) is 7.44. The molecule has 0 radical (unpaired) electrons. The third-order valence-electron chi connectivity index (χ3n) is 2.23. The van der Waals surface area contributed by atoms with E-state index in [0.29, 0.717) is 11.1 Å². The molecule has 0 atom stereocenters. The molecule has 0 aliphatic carbocycles. The van der Waals surface area contributed by atoms with Crippen LogP contribution in [-0.2, 0) is 10.0 Å². The van der Waals surface area contributed by atoms with Crippen LogP contribution in [0, 0.1) is 11.8 Å². The lowest BCUT2D eigenvalue weighted by Crippen LogP contribution is -2.27. The Morgan fingerprint density at radius 3 is 2.80 bits per heavy atom. The van der Waals surface area contributed by atoms with Crippen LogP contribution in [-0.4, -0.2) is 38.2 Å². The molecule has 0 aromatic carbocycles. The van der Waals surface area contributed by atoms with Crippen molar-refractivity contribution in [1.29, 1.82) is 0 Å². The molecule has 5 N–H and O–H groups in total. The van der Waals surface area contributed by atoms with Crippen LogP contribution in [0.25, 0.3) is 0 Å². The van der Waals surface area contributed by atoms with Crippen molar-refractivity contribution < 1.29 is 13.2 Å². The summed E-state index contributed by atoms with van der Waals surface area (Å²) in [7, 11) is -3.50. The lowest BCUT2D eigenvalue weighted by Gasteiger charge is -2.04. The highest BCUT2D eigenvalue weighted by molar-refractivity contribution is 7.89. The number of nitrogens with zero attached hydrogens (tertiary/aromatic N) is 1. The van der Waals surface area contributed by atoms with Gasteiger partial charge in [0, 0.05) is 24.5 Å². The minimum Gasteiger partial charge on any atom is -0.352 e. The predicted molar refractivity (Wildman–Crippen MR) is 75.1 cm³/mol. The molecule has 1 rings (SSSR count). The summed E-state index contributed by atoms with van der Waals surface area (Å²) in [6, 6.07) is 1.59. The van der Waals surface area contributed by atoms with Gasteiger partial charge in [-0.05, 0) is 12.5 Å². The molecule has 1 aromatic heterocycles. The fraction of sp³-hybridized carbons (Fsp3) is 0.333. The standard InChI is InChI=1S/C12H16N4O3S/c13-4-1-3-10-7-11(9-15-8-10)12(17)16-5-2-6-20(14,18)19/h7-9H,2,4-6,13H2,(H,16,17)(H2,14,18,19). The van der Waals surface area contributed by atoms with Crippen molar-refractivity contribution in [2.75, 3.05) is 18.8 Å². The molecular formula is C12H16N4O3S. The normalized spacial score (nSPS) is 10.5. The highest BCUT2D eigenvalue weighted by Crippen LogP contribution is 2.01. The van der Waals surface area contributed by atoms with E-state index in [-0.39, 0.29) is 31.2 Å². The number of nitrogens with one attached hydrogen (secondary N) is 1. The number of primary sulfonamides is 1. The predicted octanol–water partition coefficient (Wildman–Crippen LogP) is -1.20. The molecule has 1 heterocycles. The molecular weight excluding hydrogens is 280 g/mol. The van der Waals surface area contributed by atoms with Gasteiger partial charge < -0.3 is 11.1 Å². The van der Waals surface area contributed by atoms with E-state index < -0.39 is 10.0 Å². The Balaban J connectivity index is 2.55. The van der Waals surface area contributed by atoms with E-state index in [9.17, 15) is 13.2 Å². The first-order valence-corrected chi connectivity index (χ1v) is 7.56. The number of carbonyl (C=O) groups excluding carboxylic acids is 1. The molecule has 0 spiro atoms. The molecule has 1 amide bonds. The van der Waals surface area contributed by atoms with E-state index in [1.165, 1.54) is 12.4 Å². The van der Waals surface area contributed by atoms with Crippen molar-refractivity contribution in [3.63, 3.8) is 0 Å². The van der Waals surface area contributed by atoms with Crippen LogP contribution in [0.5, 0.6) is 0 Å².